The van der Waals surface area contributed by atoms with Crippen molar-refractivity contribution in [1.82, 2.24) is 5.32 Å². The van der Waals surface area contributed by atoms with Gasteiger partial charge in [-0.15, -0.1) is 0 Å². The van der Waals surface area contributed by atoms with E-state index in [0.717, 1.165) is 44.9 Å². The summed E-state index contributed by atoms with van der Waals surface area (Å²) in [4.78, 5) is 13.5. The van der Waals surface area contributed by atoms with Gasteiger partial charge in [0, 0.05) is 6.42 Å². The number of hydrogen-bond donors (Lipinski definition) is 12. The molecule has 17 unspecified atom stereocenters. The highest BCUT2D eigenvalue weighted by atomic mass is 16.8. The maximum Gasteiger partial charge on any atom is 0.220 e. The summed E-state index contributed by atoms with van der Waals surface area (Å²) in [5.74, 6) is -0.234. The SMILES string of the molecule is CCCCCCCCCCCCCCCCCCCCCCCCCCCCCC(=O)NC(COC1OC(CO)C(OC2OC(CO)C(OC3OC(CO)C(O)C(O)C3O)C(O)C2O)C(O)C1O)C(O)CCCCCCCCCCCCCCCCCCCC. The number of unbranched alkanes of at least 4 members (excludes halogenated alkanes) is 43. The molecule has 3 rings (SSSR count). The predicted octanol–water partition coefficient (Wildman–Crippen LogP) is 10.7. The van der Waals surface area contributed by atoms with E-state index in [2.05, 4.69) is 19.2 Å². The lowest BCUT2D eigenvalue weighted by molar-refractivity contribution is -0.379. The number of rotatable bonds is 59. The predicted molar refractivity (Wildman–Crippen MR) is 351 cm³/mol. The molecule has 0 spiro atoms. The molecule has 3 saturated heterocycles. The van der Waals surface area contributed by atoms with Gasteiger partial charge >= 0.3 is 0 Å². The quantitative estimate of drug-likeness (QED) is 0.0252. The third kappa shape index (κ3) is 35.2. The molecule has 534 valence electrons. The second-order valence-corrected chi connectivity index (χ2v) is 27.1. The smallest absolute Gasteiger partial charge is 0.220 e. The Hall–Kier alpha value is -1.21. The van der Waals surface area contributed by atoms with Crippen molar-refractivity contribution in [2.45, 2.75) is 420 Å². The lowest BCUT2D eigenvalue weighted by Crippen LogP contribution is -2.66. The molecule has 19 nitrogen and oxygen atoms in total. The number of aliphatic hydroxyl groups excluding tert-OH is 11. The summed E-state index contributed by atoms with van der Waals surface area (Å²) in [6.45, 7) is 1.86. The summed E-state index contributed by atoms with van der Waals surface area (Å²) in [6, 6.07) is -0.882. The van der Waals surface area contributed by atoms with Crippen LogP contribution >= 0.6 is 0 Å². The molecule has 90 heavy (non-hydrogen) atoms. The van der Waals surface area contributed by atoms with Gasteiger partial charge < -0.3 is 89.9 Å². The van der Waals surface area contributed by atoms with E-state index in [4.69, 9.17) is 28.4 Å². The molecule has 0 aromatic rings. The molecule has 0 saturated carbocycles. The molecule has 3 aliphatic heterocycles. The van der Waals surface area contributed by atoms with Gasteiger partial charge in [-0.25, -0.2) is 0 Å². The summed E-state index contributed by atoms with van der Waals surface area (Å²) in [6.07, 6.45) is 31.9. The van der Waals surface area contributed by atoms with E-state index >= 15 is 0 Å². The van der Waals surface area contributed by atoms with Crippen LogP contribution in [0.1, 0.15) is 316 Å². The molecule has 0 aromatic heterocycles. The van der Waals surface area contributed by atoms with Crippen molar-refractivity contribution in [3.8, 4) is 0 Å². The number of carbonyl (C=O) groups is 1. The average molecular weight is 1290 g/mol. The fourth-order valence-corrected chi connectivity index (χ4v) is 13.1. The van der Waals surface area contributed by atoms with Gasteiger partial charge in [-0.2, -0.15) is 0 Å². The first-order chi connectivity index (χ1) is 43.8. The Balaban J connectivity index is 1.39. The van der Waals surface area contributed by atoms with Crippen molar-refractivity contribution in [2.24, 2.45) is 0 Å². The zero-order chi connectivity index (χ0) is 65.4. The van der Waals surface area contributed by atoms with Gasteiger partial charge in [0.15, 0.2) is 18.9 Å². The zero-order valence-electron chi connectivity index (χ0n) is 56.7. The lowest BCUT2D eigenvalue weighted by Gasteiger charge is -2.48. The summed E-state index contributed by atoms with van der Waals surface area (Å²) >= 11 is 0. The summed E-state index contributed by atoms with van der Waals surface area (Å²) < 4.78 is 34.5. The largest absolute Gasteiger partial charge is 0.394 e. The summed E-state index contributed by atoms with van der Waals surface area (Å²) in [7, 11) is 0. The number of hydrogen-bond acceptors (Lipinski definition) is 18. The molecule has 1 amide bonds. The third-order valence-electron chi connectivity index (χ3n) is 19.2. The van der Waals surface area contributed by atoms with Crippen LogP contribution in [0.2, 0.25) is 0 Å². The third-order valence-corrected chi connectivity index (χ3v) is 19.2. The number of ether oxygens (including phenoxy) is 6. The van der Waals surface area contributed by atoms with E-state index in [1.165, 1.54) is 238 Å². The van der Waals surface area contributed by atoms with Crippen LogP contribution in [-0.2, 0) is 33.2 Å². The molecule has 3 fully saturated rings. The van der Waals surface area contributed by atoms with Crippen LogP contribution in [-0.4, -0.2) is 193 Å². The number of amides is 1. The first kappa shape index (κ1) is 83.0. The minimum absolute atomic E-state index is 0.234. The van der Waals surface area contributed by atoms with Gasteiger partial charge in [0.25, 0.3) is 0 Å². The molecule has 3 heterocycles. The summed E-state index contributed by atoms with van der Waals surface area (Å²) in [5, 5.41) is 121. The maximum absolute atomic E-state index is 13.5. The minimum Gasteiger partial charge on any atom is -0.394 e. The molecule has 3 aliphatic rings. The van der Waals surface area contributed by atoms with E-state index < -0.39 is 124 Å². The van der Waals surface area contributed by atoms with E-state index in [1.807, 2.05) is 0 Å². The Morgan fingerprint density at radius 2 is 0.633 bits per heavy atom. The van der Waals surface area contributed by atoms with Crippen LogP contribution in [0.15, 0.2) is 0 Å². The topological polar surface area (TPSA) is 307 Å². The van der Waals surface area contributed by atoms with Gasteiger partial charge in [-0.1, -0.05) is 296 Å². The fraction of sp³-hybridized carbons (Fsp3) is 0.986. The van der Waals surface area contributed by atoms with Crippen LogP contribution in [0, 0.1) is 0 Å². The van der Waals surface area contributed by atoms with Gasteiger partial charge in [-0.05, 0) is 12.8 Å². The molecule has 19 heteroatoms. The molecular formula is C71H137NO18. The monoisotopic (exact) mass is 1290 g/mol. The minimum atomic E-state index is -1.97. The zero-order valence-corrected chi connectivity index (χ0v) is 56.7. The van der Waals surface area contributed by atoms with Crippen molar-refractivity contribution < 1.29 is 89.4 Å². The van der Waals surface area contributed by atoms with Crippen molar-refractivity contribution in [1.29, 1.82) is 0 Å². The first-order valence-electron chi connectivity index (χ1n) is 37.3. The van der Waals surface area contributed by atoms with Crippen molar-refractivity contribution in [3.63, 3.8) is 0 Å². The van der Waals surface area contributed by atoms with Crippen molar-refractivity contribution in [2.75, 3.05) is 26.4 Å². The van der Waals surface area contributed by atoms with Crippen LogP contribution < -0.4 is 5.32 Å². The number of carbonyl (C=O) groups excluding carboxylic acids is 1. The Labute approximate surface area is 544 Å². The molecule has 0 radical (unpaired) electrons. The lowest BCUT2D eigenvalue weighted by atomic mass is 9.96. The van der Waals surface area contributed by atoms with Crippen molar-refractivity contribution >= 4 is 5.91 Å². The number of aliphatic hydroxyl groups is 11. The van der Waals surface area contributed by atoms with Crippen LogP contribution in [0.3, 0.4) is 0 Å². The standard InChI is InChI=1S/C71H137NO18/c1-3-5-7-9-11-13-15-17-19-21-23-24-25-26-27-28-29-30-31-33-35-37-39-41-43-45-47-49-59(77)72-54(55(76)48-46-44-42-40-38-36-34-32-22-20-18-16-14-12-10-8-6-4-2)53-85-69-65(83)62(80)67(57(51-74)87-69)90-71-66(84)63(81)68(58(52-75)88-71)89-70-64(82)61(79)60(78)56(50-73)86-70/h54-58,60-71,73-76,78-84H,3-53H2,1-2H3,(H,72,77). The fourth-order valence-electron chi connectivity index (χ4n) is 13.1. The molecule has 12 N–H and O–H groups in total. The highest BCUT2D eigenvalue weighted by Gasteiger charge is 2.53. The Bertz CT molecular complexity index is 1640. The molecule has 0 bridgehead atoms. The highest BCUT2D eigenvalue weighted by Crippen LogP contribution is 2.33. The Morgan fingerprint density at radius 3 is 0.967 bits per heavy atom. The van der Waals surface area contributed by atoms with Crippen molar-refractivity contribution in [3.05, 3.63) is 0 Å². The van der Waals surface area contributed by atoms with E-state index in [9.17, 15) is 61.0 Å². The second kappa shape index (κ2) is 53.9. The van der Waals surface area contributed by atoms with Crippen LogP contribution in [0.4, 0.5) is 0 Å². The Kier molecular flexibility index (Phi) is 49.7. The second-order valence-electron chi connectivity index (χ2n) is 27.1. The van der Waals surface area contributed by atoms with E-state index in [0.29, 0.717) is 12.8 Å². The highest BCUT2D eigenvalue weighted by molar-refractivity contribution is 5.76. The van der Waals surface area contributed by atoms with Gasteiger partial charge in [-0.3, -0.25) is 4.79 Å². The molecule has 0 aromatic carbocycles. The maximum atomic E-state index is 13.5. The van der Waals surface area contributed by atoms with Gasteiger partial charge in [0.1, 0.15) is 73.2 Å². The summed E-state index contributed by atoms with van der Waals surface area (Å²) in [5.41, 5.74) is 0. The molecular weight excluding hydrogens is 1150 g/mol. The van der Waals surface area contributed by atoms with Crippen LogP contribution in [0.5, 0.6) is 0 Å². The van der Waals surface area contributed by atoms with E-state index in [1.54, 1.807) is 0 Å². The van der Waals surface area contributed by atoms with E-state index in [-0.39, 0.29) is 18.9 Å². The van der Waals surface area contributed by atoms with Gasteiger partial charge in [0.2, 0.25) is 5.91 Å². The van der Waals surface area contributed by atoms with Gasteiger partial charge in [0.05, 0.1) is 38.6 Å². The number of nitrogens with one attached hydrogen (secondary N) is 1. The van der Waals surface area contributed by atoms with Crippen LogP contribution in [0.25, 0.3) is 0 Å². The first-order valence-corrected chi connectivity index (χ1v) is 37.3. The average Bonchev–Trinajstić information content (AvgIpc) is 0.866. The Morgan fingerprint density at radius 1 is 0.356 bits per heavy atom. The molecule has 17 atom stereocenters. The molecule has 0 aliphatic carbocycles. The normalized spacial score (nSPS) is 27.9.